The molecule has 30 heavy (non-hydrogen) atoms. The molecule has 156 valence electrons. The van der Waals surface area contributed by atoms with E-state index in [1.54, 1.807) is 18.6 Å². The first-order chi connectivity index (χ1) is 14.4. The Balaban J connectivity index is 1.47. The molecular formula is C20H23N7O2S. The van der Waals surface area contributed by atoms with Gasteiger partial charge in [-0.25, -0.2) is 9.97 Å². The molecule has 3 aromatic heterocycles. The zero-order valence-electron chi connectivity index (χ0n) is 17.2. The lowest BCUT2D eigenvalue weighted by molar-refractivity contribution is 0.0777. The van der Waals surface area contributed by atoms with E-state index in [4.69, 9.17) is 4.52 Å². The first kappa shape index (κ1) is 19.3. The molecule has 0 radical (unpaired) electrons. The van der Waals surface area contributed by atoms with E-state index >= 15 is 0 Å². The first-order valence-corrected chi connectivity index (χ1v) is 10.8. The minimum atomic E-state index is -0.0930. The largest absolute Gasteiger partial charge is 0.339 e. The van der Waals surface area contributed by atoms with Gasteiger partial charge in [0, 0.05) is 37.4 Å². The third kappa shape index (κ3) is 3.20. The second-order valence-electron chi connectivity index (χ2n) is 8.28. The van der Waals surface area contributed by atoms with Crippen LogP contribution in [0.5, 0.6) is 0 Å². The highest BCUT2D eigenvalue weighted by atomic mass is 32.1. The fourth-order valence-electron chi connectivity index (χ4n) is 4.75. The number of thiazole rings is 1. The Bertz CT molecular complexity index is 1080. The maximum Gasteiger partial charge on any atom is 0.265 e. The molecule has 2 saturated heterocycles. The summed E-state index contributed by atoms with van der Waals surface area (Å²) in [5, 5.41) is 5.05. The van der Waals surface area contributed by atoms with Crippen molar-refractivity contribution in [2.75, 3.05) is 33.2 Å². The van der Waals surface area contributed by atoms with Crippen LogP contribution in [0.25, 0.3) is 11.5 Å². The van der Waals surface area contributed by atoms with Crippen molar-refractivity contribution in [1.82, 2.24) is 34.9 Å². The van der Waals surface area contributed by atoms with Crippen LogP contribution in [0.1, 0.15) is 38.6 Å². The van der Waals surface area contributed by atoms with E-state index in [9.17, 15) is 4.79 Å². The third-order valence-electron chi connectivity index (χ3n) is 6.14. The molecule has 2 aliphatic heterocycles. The Morgan fingerprint density at radius 2 is 2.13 bits per heavy atom. The van der Waals surface area contributed by atoms with E-state index in [1.807, 2.05) is 18.7 Å². The molecule has 0 unspecified atom stereocenters. The normalized spacial score (nSPS) is 24.2. The Morgan fingerprint density at radius 3 is 2.80 bits per heavy atom. The average molecular weight is 426 g/mol. The van der Waals surface area contributed by atoms with E-state index in [2.05, 4.69) is 37.0 Å². The Labute approximate surface area is 178 Å². The van der Waals surface area contributed by atoms with E-state index in [0.29, 0.717) is 30.5 Å². The Morgan fingerprint density at radius 1 is 1.27 bits per heavy atom. The van der Waals surface area contributed by atoms with E-state index in [0.717, 1.165) is 35.1 Å². The number of amides is 1. The van der Waals surface area contributed by atoms with Gasteiger partial charge in [-0.15, -0.1) is 11.3 Å². The standard InChI is InChI=1S/C20H23N7O2S/c1-12-16(30-13(2)23-12)19(28)27-9-14(20(11-27)4-7-26(3)10-20)18-24-17(25-29-18)15-8-21-5-6-22-15/h5-6,8,14H,4,7,9-11H2,1-3H3/t14-,20-/m0/s1. The van der Waals surface area contributed by atoms with Gasteiger partial charge in [-0.05, 0) is 33.9 Å². The van der Waals surface area contributed by atoms with Crippen molar-refractivity contribution < 1.29 is 9.32 Å². The molecule has 5 rings (SSSR count). The summed E-state index contributed by atoms with van der Waals surface area (Å²) in [4.78, 5) is 35.7. The number of aromatic nitrogens is 5. The highest BCUT2D eigenvalue weighted by molar-refractivity contribution is 7.13. The summed E-state index contributed by atoms with van der Waals surface area (Å²) in [7, 11) is 2.12. The van der Waals surface area contributed by atoms with Gasteiger partial charge >= 0.3 is 0 Å². The highest BCUT2D eigenvalue weighted by Gasteiger charge is 2.54. The van der Waals surface area contributed by atoms with Crippen LogP contribution in [0, 0.1) is 19.3 Å². The van der Waals surface area contributed by atoms with Gasteiger partial charge in [-0.2, -0.15) is 4.98 Å². The van der Waals surface area contributed by atoms with E-state index < -0.39 is 0 Å². The van der Waals surface area contributed by atoms with Crippen LogP contribution in [-0.2, 0) is 0 Å². The van der Waals surface area contributed by atoms with Crippen LogP contribution in [0.15, 0.2) is 23.1 Å². The molecule has 1 amide bonds. The Kier molecular flexibility index (Phi) is 4.62. The number of rotatable bonds is 3. The number of carbonyl (C=O) groups excluding carboxylic acids is 1. The second kappa shape index (κ2) is 7.21. The molecule has 9 nitrogen and oxygen atoms in total. The SMILES string of the molecule is Cc1nc(C)c(C(=O)N2C[C@@H](c3nc(-c4cnccn4)no3)[C@]3(CCN(C)C3)C2)s1. The average Bonchev–Trinajstić information content (AvgIpc) is 3.50. The summed E-state index contributed by atoms with van der Waals surface area (Å²) >= 11 is 1.46. The molecule has 1 spiro atoms. The summed E-state index contributed by atoms with van der Waals surface area (Å²) in [5.74, 6) is 1.03. The fraction of sp³-hybridized carbons (Fsp3) is 0.500. The summed E-state index contributed by atoms with van der Waals surface area (Å²) in [6.07, 6.45) is 5.82. The minimum Gasteiger partial charge on any atom is -0.339 e. The fourth-order valence-corrected chi connectivity index (χ4v) is 5.64. The van der Waals surface area contributed by atoms with E-state index in [1.165, 1.54) is 11.3 Å². The van der Waals surface area contributed by atoms with Crippen molar-refractivity contribution in [2.45, 2.75) is 26.2 Å². The van der Waals surface area contributed by atoms with Crippen molar-refractivity contribution >= 4 is 17.2 Å². The predicted octanol–water partition coefficient (Wildman–Crippen LogP) is 2.16. The zero-order chi connectivity index (χ0) is 20.9. The monoisotopic (exact) mass is 425 g/mol. The molecule has 2 fully saturated rings. The lowest BCUT2D eigenvalue weighted by Gasteiger charge is -2.27. The minimum absolute atomic E-state index is 0.0151. The van der Waals surface area contributed by atoms with Crippen LogP contribution in [0.2, 0.25) is 0 Å². The van der Waals surface area contributed by atoms with Crippen molar-refractivity contribution in [1.29, 1.82) is 0 Å². The van der Waals surface area contributed by atoms with Gasteiger partial charge in [0.15, 0.2) is 0 Å². The highest BCUT2D eigenvalue weighted by Crippen LogP contribution is 2.49. The molecular weight excluding hydrogens is 402 g/mol. The molecule has 0 aliphatic carbocycles. The lowest BCUT2D eigenvalue weighted by Crippen LogP contribution is -2.34. The number of carbonyl (C=O) groups is 1. The van der Waals surface area contributed by atoms with Crippen LogP contribution < -0.4 is 0 Å². The van der Waals surface area contributed by atoms with Gasteiger partial charge < -0.3 is 14.3 Å². The first-order valence-electron chi connectivity index (χ1n) is 9.97. The smallest absolute Gasteiger partial charge is 0.265 e. The van der Waals surface area contributed by atoms with Gasteiger partial charge in [0.2, 0.25) is 11.7 Å². The van der Waals surface area contributed by atoms with Crippen LogP contribution in [-0.4, -0.2) is 74.0 Å². The summed E-state index contributed by atoms with van der Waals surface area (Å²) < 4.78 is 5.69. The van der Waals surface area contributed by atoms with Crippen LogP contribution in [0.3, 0.4) is 0 Å². The van der Waals surface area contributed by atoms with Crippen LogP contribution in [0.4, 0.5) is 0 Å². The summed E-state index contributed by atoms with van der Waals surface area (Å²) in [6.45, 7) is 6.95. The molecule has 2 aliphatic rings. The number of hydrogen-bond acceptors (Lipinski definition) is 9. The van der Waals surface area contributed by atoms with Crippen LogP contribution >= 0.6 is 11.3 Å². The topological polar surface area (TPSA) is 101 Å². The van der Waals surface area contributed by atoms with Crippen molar-refractivity contribution in [2.24, 2.45) is 5.41 Å². The van der Waals surface area contributed by atoms with Gasteiger partial charge in [-0.3, -0.25) is 9.78 Å². The molecule has 3 aromatic rings. The van der Waals surface area contributed by atoms with Crippen molar-refractivity contribution in [3.63, 3.8) is 0 Å². The van der Waals surface area contributed by atoms with Gasteiger partial charge in [0.05, 0.1) is 22.8 Å². The maximum absolute atomic E-state index is 13.3. The molecule has 0 aromatic carbocycles. The third-order valence-corrected chi connectivity index (χ3v) is 7.20. The van der Waals surface area contributed by atoms with Gasteiger partial charge in [0.1, 0.15) is 10.6 Å². The molecule has 5 heterocycles. The molecule has 2 atom stereocenters. The lowest BCUT2D eigenvalue weighted by atomic mass is 9.77. The number of hydrogen-bond donors (Lipinski definition) is 0. The second-order valence-corrected chi connectivity index (χ2v) is 9.49. The maximum atomic E-state index is 13.3. The summed E-state index contributed by atoms with van der Waals surface area (Å²) in [6, 6.07) is 0. The number of likely N-dealkylation sites (tertiary alicyclic amines) is 2. The van der Waals surface area contributed by atoms with E-state index in [-0.39, 0.29) is 17.2 Å². The van der Waals surface area contributed by atoms with Crippen molar-refractivity contribution in [3.8, 4) is 11.5 Å². The molecule has 10 heteroatoms. The molecule has 0 bridgehead atoms. The number of nitrogens with zero attached hydrogens (tertiary/aromatic N) is 7. The molecule has 0 saturated carbocycles. The number of aryl methyl sites for hydroxylation is 2. The zero-order valence-corrected chi connectivity index (χ0v) is 18.0. The van der Waals surface area contributed by atoms with Gasteiger partial charge in [0.25, 0.3) is 5.91 Å². The predicted molar refractivity (Wildman–Crippen MR) is 110 cm³/mol. The summed E-state index contributed by atoms with van der Waals surface area (Å²) in [5.41, 5.74) is 1.28. The quantitative estimate of drug-likeness (QED) is 0.629. The Hall–Kier alpha value is -2.72. The molecule has 0 N–H and O–H groups in total. The van der Waals surface area contributed by atoms with Gasteiger partial charge in [-0.1, -0.05) is 5.16 Å². The van der Waals surface area contributed by atoms with Crippen molar-refractivity contribution in [3.05, 3.63) is 40.1 Å².